The minimum atomic E-state index is -0.570. The second-order valence-electron chi connectivity index (χ2n) is 4.56. The number of methoxy groups -OCH3 is 1. The summed E-state index contributed by atoms with van der Waals surface area (Å²) >= 11 is 0. The van der Waals surface area contributed by atoms with Crippen molar-refractivity contribution in [3.63, 3.8) is 0 Å². The van der Waals surface area contributed by atoms with Crippen molar-refractivity contribution in [3.8, 4) is 0 Å². The topological polar surface area (TPSA) is 60.3 Å². The maximum Gasteiger partial charge on any atom is 0.343 e. The van der Waals surface area contributed by atoms with Crippen LogP contribution in [0.15, 0.2) is 23.1 Å². The fraction of sp³-hybridized carbons (Fsp3) is 0.538. The Morgan fingerprint density at radius 1 is 1.50 bits per heavy atom. The molecule has 0 unspecified atom stereocenters. The maximum absolute atomic E-state index is 12.1. The van der Waals surface area contributed by atoms with Crippen LogP contribution in [0.5, 0.6) is 0 Å². The molecule has 0 amide bonds. The van der Waals surface area contributed by atoms with Crippen molar-refractivity contribution >= 4 is 5.97 Å². The van der Waals surface area contributed by atoms with Crippen LogP contribution in [-0.4, -0.2) is 30.7 Å². The fourth-order valence-corrected chi connectivity index (χ4v) is 2.29. The number of carbonyl (C=O) groups is 1. The van der Waals surface area contributed by atoms with Gasteiger partial charge in [-0.1, -0.05) is 0 Å². The molecule has 1 aromatic rings. The van der Waals surface area contributed by atoms with Crippen LogP contribution in [0.2, 0.25) is 0 Å². The van der Waals surface area contributed by atoms with Gasteiger partial charge >= 0.3 is 5.97 Å². The summed E-state index contributed by atoms with van der Waals surface area (Å²) in [5, 5.41) is 3.29. The van der Waals surface area contributed by atoms with E-state index >= 15 is 0 Å². The molecule has 2 rings (SSSR count). The van der Waals surface area contributed by atoms with Gasteiger partial charge in [0.2, 0.25) is 0 Å². The van der Waals surface area contributed by atoms with Gasteiger partial charge in [-0.25, -0.2) is 4.79 Å². The molecule has 0 aromatic carbocycles. The third-order valence-electron chi connectivity index (χ3n) is 3.34. The first kappa shape index (κ1) is 12.8. The molecule has 98 valence electrons. The van der Waals surface area contributed by atoms with Crippen LogP contribution in [0, 0.1) is 5.92 Å². The van der Waals surface area contributed by atoms with E-state index in [1.54, 1.807) is 16.8 Å². The first-order valence-corrected chi connectivity index (χ1v) is 6.21. The summed E-state index contributed by atoms with van der Waals surface area (Å²) in [5.74, 6) is -0.0727. The molecule has 0 atom stereocenters. The third-order valence-corrected chi connectivity index (χ3v) is 3.34. The normalized spacial score (nSPS) is 16.5. The molecule has 0 spiro atoms. The first-order valence-electron chi connectivity index (χ1n) is 6.21. The zero-order chi connectivity index (χ0) is 13.0. The van der Waals surface area contributed by atoms with E-state index < -0.39 is 5.97 Å². The van der Waals surface area contributed by atoms with Crippen LogP contribution < -0.4 is 10.9 Å². The minimum Gasteiger partial charge on any atom is -0.465 e. The van der Waals surface area contributed by atoms with E-state index in [0.29, 0.717) is 12.5 Å². The average Bonchev–Trinajstić information content (AvgIpc) is 2.41. The van der Waals surface area contributed by atoms with Crippen molar-refractivity contribution in [3.05, 3.63) is 34.2 Å². The van der Waals surface area contributed by atoms with Crippen LogP contribution in [-0.2, 0) is 11.3 Å². The monoisotopic (exact) mass is 250 g/mol. The lowest BCUT2D eigenvalue weighted by Gasteiger charge is -2.23. The van der Waals surface area contributed by atoms with Gasteiger partial charge in [0, 0.05) is 12.7 Å². The molecule has 0 radical (unpaired) electrons. The summed E-state index contributed by atoms with van der Waals surface area (Å²) in [6, 6.07) is 3.22. The highest BCUT2D eigenvalue weighted by Gasteiger charge is 2.16. The predicted octanol–water partition coefficient (Wildman–Crippen LogP) is 0.635. The van der Waals surface area contributed by atoms with Crippen LogP contribution in [0.25, 0.3) is 0 Å². The van der Waals surface area contributed by atoms with Crippen LogP contribution in [0.3, 0.4) is 0 Å². The standard InChI is InChI=1S/C13H18N2O3/c1-18-13(17)11-3-2-8-15(12(11)16)9-10-4-6-14-7-5-10/h2-3,8,10,14H,4-7,9H2,1H3. The number of pyridine rings is 1. The molecular weight excluding hydrogens is 232 g/mol. The van der Waals surface area contributed by atoms with Gasteiger partial charge in [0.15, 0.2) is 0 Å². The molecule has 1 N–H and O–H groups in total. The highest BCUT2D eigenvalue weighted by Crippen LogP contribution is 2.13. The number of rotatable bonds is 3. The largest absolute Gasteiger partial charge is 0.465 e. The van der Waals surface area contributed by atoms with Crippen molar-refractivity contribution in [2.75, 3.05) is 20.2 Å². The zero-order valence-corrected chi connectivity index (χ0v) is 10.5. The van der Waals surface area contributed by atoms with Gasteiger partial charge < -0.3 is 14.6 Å². The smallest absolute Gasteiger partial charge is 0.343 e. The lowest BCUT2D eigenvalue weighted by atomic mass is 9.98. The highest BCUT2D eigenvalue weighted by atomic mass is 16.5. The maximum atomic E-state index is 12.1. The molecule has 1 aliphatic heterocycles. The van der Waals surface area contributed by atoms with Crippen molar-refractivity contribution in [2.45, 2.75) is 19.4 Å². The Hall–Kier alpha value is -1.62. The molecular formula is C13H18N2O3. The second-order valence-corrected chi connectivity index (χ2v) is 4.56. The average molecular weight is 250 g/mol. The zero-order valence-electron chi connectivity index (χ0n) is 10.5. The van der Waals surface area contributed by atoms with Crippen LogP contribution in [0.4, 0.5) is 0 Å². The molecule has 1 fully saturated rings. The van der Waals surface area contributed by atoms with Gasteiger partial charge in [0.1, 0.15) is 5.56 Å². The number of nitrogens with one attached hydrogen (secondary N) is 1. The van der Waals surface area contributed by atoms with Crippen molar-refractivity contribution in [2.24, 2.45) is 5.92 Å². The molecule has 1 aliphatic rings. The lowest BCUT2D eigenvalue weighted by Crippen LogP contribution is -2.33. The first-order chi connectivity index (χ1) is 8.72. The Labute approximate surface area is 106 Å². The van der Waals surface area contributed by atoms with Gasteiger partial charge in [0.05, 0.1) is 7.11 Å². The molecule has 5 heteroatoms. The predicted molar refractivity (Wildman–Crippen MR) is 67.6 cm³/mol. The number of piperidine rings is 1. The summed E-state index contributed by atoms with van der Waals surface area (Å²) in [6.07, 6.45) is 3.86. The highest BCUT2D eigenvalue weighted by molar-refractivity contribution is 5.88. The molecule has 0 saturated carbocycles. The minimum absolute atomic E-state index is 0.105. The number of hydrogen-bond acceptors (Lipinski definition) is 4. The van der Waals surface area contributed by atoms with E-state index in [2.05, 4.69) is 10.1 Å². The molecule has 0 bridgehead atoms. The van der Waals surface area contributed by atoms with E-state index in [4.69, 9.17) is 0 Å². The van der Waals surface area contributed by atoms with Gasteiger partial charge in [-0.05, 0) is 44.0 Å². The quantitative estimate of drug-likeness (QED) is 0.800. The number of nitrogens with zero attached hydrogens (tertiary/aromatic N) is 1. The van der Waals surface area contributed by atoms with E-state index in [9.17, 15) is 9.59 Å². The molecule has 5 nitrogen and oxygen atoms in total. The molecule has 18 heavy (non-hydrogen) atoms. The van der Waals surface area contributed by atoms with Crippen LogP contribution >= 0.6 is 0 Å². The van der Waals surface area contributed by atoms with Crippen molar-refractivity contribution < 1.29 is 9.53 Å². The summed E-state index contributed by atoms with van der Waals surface area (Å²) in [6.45, 7) is 2.66. The van der Waals surface area contributed by atoms with E-state index in [-0.39, 0.29) is 11.1 Å². The number of carbonyl (C=O) groups excluding carboxylic acids is 1. The van der Waals surface area contributed by atoms with Crippen LogP contribution in [0.1, 0.15) is 23.2 Å². The fourth-order valence-electron chi connectivity index (χ4n) is 2.29. The molecule has 2 heterocycles. The van der Waals surface area contributed by atoms with E-state index in [0.717, 1.165) is 25.9 Å². The van der Waals surface area contributed by atoms with Crippen molar-refractivity contribution in [1.82, 2.24) is 9.88 Å². The second kappa shape index (κ2) is 5.82. The number of ether oxygens (including phenoxy) is 1. The van der Waals surface area contributed by atoms with Gasteiger partial charge in [-0.2, -0.15) is 0 Å². The van der Waals surface area contributed by atoms with Gasteiger partial charge in [-0.15, -0.1) is 0 Å². The lowest BCUT2D eigenvalue weighted by molar-refractivity contribution is 0.0597. The Bertz CT molecular complexity index is 475. The van der Waals surface area contributed by atoms with E-state index in [1.165, 1.54) is 13.2 Å². The number of aromatic nitrogens is 1. The Morgan fingerprint density at radius 3 is 2.89 bits per heavy atom. The molecule has 0 aliphatic carbocycles. The summed E-state index contributed by atoms with van der Waals surface area (Å²) in [4.78, 5) is 23.5. The van der Waals surface area contributed by atoms with E-state index in [1.807, 2.05) is 0 Å². The van der Waals surface area contributed by atoms with Gasteiger partial charge in [-0.3, -0.25) is 4.79 Å². The SMILES string of the molecule is COC(=O)c1cccn(CC2CCNCC2)c1=O. The summed E-state index contributed by atoms with van der Waals surface area (Å²) < 4.78 is 6.21. The Morgan fingerprint density at radius 2 is 2.22 bits per heavy atom. The summed E-state index contributed by atoms with van der Waals surface area (Å²) in [7, 11) is 1.28. The molecule has 1 saturated heterocycles. The van der Waals surface area contributed by atoms with Gasteiger partial charge in [0.25, 0.3) is 5.56 Å². The molecule has 1 aromatic heterocycles. The Kier molecular flexibility index (Phi) is 4.15. The number of esters is 1. The third kappa shape index (κ3) is 2.79. The van der Waals surface area contributed by atoms with Crippen molar-refractivity contribution in [1.29, 1.82) is 0 Å². The number of hydrogen-bond donors (Lipinski definition) is 1. The summed E-state index contributed by atoms with van der Waals surface area (Å²) in [5.41, 5.74) is -0.156. The Balaban J connectivity index is 2.18.